The molecule has 2 aromatic rings. The van der Waals surface area contributed by atoms with E-state index in [4.69, 9.17) is 0 Å². The highest BCUT2D eigenvalue weighted by molar-refractivity contribution is 7.99. The molecule has 0 saturated carbocycles. The molecule has 0 bridgehead atoms. The van der Waals surface area contributed by atoms with Crippen molar-refractivity contribution in [2.75, 3.05) is 0 Å². The van der Waals surface area contributed by atoms with Gasteiger partial charge in [0.15, 0.2) is 0 Å². The molecule has 0 fully saturated rings. The molecule has 0 N–H and O–H groups in total. The van der Waals surface area contributed by atoms with Crippen LogP contribution in [0, 0.1) is 16.7 Å². The maximum Gasteiger partial charge on any atom is 0.00554 e. The molecule has 0 saturated heterocycles. The Bertz CT molecular complexity index is 502. The van der Waals surface area contributed by atoms with Crippen molar-refractivity contribution in [1.82, 2.24) is 0 Å². The third kappa shape index (κ3) is 3.53. The van der Waals surface area contributed by atoms with E-state index in [-0.39, 0.29) is 10.2 Å². The van der Waals surface area contributed by atoms with Crippen LogP contribution in [-0.2, 0) is 0 Å². The zero-order chi connectivity index (χ0) is 12.8. The number of hydrogen-bond donors (Lipinski definition) is 0. The van der Waals surface area contributed by atoms with E-state index in [1.807, 2.05) is 60.7 Å². The zero-order valence-corrected chi connectivity index (χ0v) is 10.4. The molecule has 3 nitrogen and oxygen atoms in total. The van der Waals surface area contributed by atoms with Crippen molar-refractivity contribution in [1.29, 1.82) is 0 Å². The number of rotatable bonds is 5. The van der Waals surface area contributed by atoms with Crippen LogP contribution in [-0.4, -0.2) is 4.92 Å². The topological polar surface area (TPSA) is 43.1 Å². The molecule has 1 unspecified atom stereocenters. The van der Waals surface area contributed by atoms with Gasteiger partial charge in [0.05, 0.1) is 0 Å². The van der Waals surface area contributed by atoms with E-state index in [1.165, 1.54) is 11.8 Å². The molecule has 18 heavy (non-hydrogen) atoms. The van der Waals surface area contributed by atoms with E-state index in [0.717, 1.165) is 17.0 Å². The zero-order valence-electron chi connectivity index (χ0n) is 9.60. The summed E-state index contributed by atoms with van der Waals surface area (Å²) in [4.78, 5) is 11.3. The second-order valence-corrected chi connectivity index (χ2v) is 4.91. The first kappa shape index (κ1) is 12.5. The first-order valence-corrected chi connectivity index (χ1v) is 6.39. The summed E-state index contributed by atoms with van der Waals surface area (Å²) in [5.41, 5.74) is 0.933. The fourth-order valence-corrected chi connectivity index (χ4v) is 2.64. The molecule has 0 spiro atoms. The van der Waals surface area contributed by atoms with Crippen molar-refractivity contribution in [3.63, 3.8) is 0 Å². The van der Waals surface area contributed by atoms with Gasteiger partial charge in [0, 0.05) is 4.90 Å². The highest BCUT2D eigenvalue weighted by atomic mass is 32.2. The Labute approximate surface area is 110 Å². The summed E-state index contributed by atoms with van der Waals surface area (Å²) < 4.78 is 0. The summed E-state index contributed by atoms with van der Waals surface area (Å²) in [6.45, 7) is 1.13. The van der Waals surface area contributed by atoms with Gasteiger partial charge in [-0.3, -0.25) is 10.1 Å². The van der Waals surface area contributed by atoms with Crippen molar-refractivity contribution in [2.24, 2.45) is 0 Å². The quantitative estimate of drug-likeness (QED) is 0.353. The van der Waals surface area contributed by atoms with Crippen molar-refractivity contribution in [2.45, 2.75) is 10.1 Å². The molecule has 0 aliphatic carbocycles. The Kier molecular flexibility index (Phi) is 4.25. The maximum absolute atomic E-state index is 10.7. The van der Waals surface area contributed by atoms with Crippen molar-refractivity contribution in [3.05, 3.63) is 82.9 Å². The van der Waals surface area contributed by atoms with Crippen LogP contribution in [0.2, 0.25) is 0 Å². The molecule has 0 aliphatic heterocycles. The molecule has 2 aromatic carbocycles. The Morgan fingerprint density at radius 3 is 2.11 bits per heavy atom. The third-order valence-corrected chi connectivity index (χ3v) is 3.58. The third-order valence-electron chi connectivity index (χ3n) is 2.39. The van der Waals surface area contributed by atoms with Gasteiger partial charge in [-0.15, -0.1) is 16.7 Å². The number of nitro groups is 1. The molecule has 0 heterocycles. The van der Waals surface area contributed by atoms with E-state index in [9.17, 15) is 10.1 Å². The molecule has 0 amide bonds. The molecule has 0 aliphatic rings. The van der Waals surface area contributed by atoms with Gasteiger partial charge in [-0.05, 0) is 23.9 Å². The van der Waals surface area contributed by atoms with Crippen LogP contribution in [0.5, 0.6) is 0 Å². The summed E-state index contributed by atoms with van der Waals surface area (Å²) in [6, 6.07) is 19.2. The number of benzene rings is 2. The minimum atomic E-state index is -0.381. The lowest BCUT2D eigenvalue weighted by molar-refractivity contribution is -0.437. The van der Waals surface area contributed by atoms with Gasteiger partial charge in [0.25, 0.3) is 0 Å². The van der Waals surface area contributed by atoms with Gasteiger partial charge in [-0.25, -0.2) is 0 Å². The van der Waals surface area contributed by atoms with Gasteiger partial charge in [-0.1, -0.05) is 54.1 Å². The lowest BCUT2D eigenvalue weighted by Crippen LogP contribution is -2.03. The van der Waals surface area contributed by atoms with Crippen LogP contribution in [0.25, 0.3) is 0 Å². The SMILES string of the molecule is O=[N+]([O-])[CH-]C(Sc1ccccc1)c1ccccc1. The monoisotopic (exact) mass is 258 g/mol. The fourth-order valence-electron chi connectivity index (χ4n) is 1.58. The van der Waals surface area contributed by atoms with Crippen molar-refractivity contribution < 1.29 is 4.92 Å². The minimum Gasteiger partial charge on any atom is -0.295 e. The normalized spacial score (nSPS) is 11.8. The van der Waals surface area contributed by atoms with Crippen molar-refractivity contribution in [3.8, 4) is 0 Å². The van der Waals surface area contributed by atoms with E-state index >= 15 is 0 Å². The standard InChI is InChI=1S/C14H12NO2S/c16-15(17)11-14(12-7-3-1-4-8-12)18-13-9-5-2-6-10-13/h1-11,14H/q-1. The lowest BCUT2D eigenvalue weighted by Gasteiger charge is -2.20. The second kappa shape index (κ2) is 6.12. The highest BCUT2D eigenvalue weighted by Crippen LogP contribution is 2.36. The molecule has 0 radical (unpaired) electrons. The summed E-state index contributed by atoms with van der Waals surface area (Å²) in [5.74, 6) is 0. The summed E-state index contributed by atoms with van der Waals surface area (Å²) in [6.07, 6.45) is 0. The molecule has 1 atom stereocenters. The average molecular weight is 258 g/mol. The molecule has 2 rings (SSSR count). The van der Waals surface area contributed by atoms with Gasteiger partial charge < -0.3 is 0 Å². The lowest BCUT2D eigenvalue weighted by atomic mass is 10.1. The predicted octanol–water partition coefficient (Wildman–Crippen LogP) is 3.96. The molecular formula is C14H12NO2S-. The maximum atomic E-state index is 10.7. The van der Waals surface area contributed by atoms with Gasteiger partial charge in [-0.2, -0.15) is 0 Å². The molecular weight excluding hydrogens is 246 g/mol. The van der Waals surface area contributed by atoms with Gasteiger partial charge in [0.2, 0.25) is 0 Å². The van der Waals surface area contributed by atoms with Crippen LogP contribution >= 0.6 is 11.8 Å². The van der Waals surface area contributed by atoms with Crippen LogP contribution in [0.15, 0.2) is 65.6 Å². The van der Waals surface area contributed by atoms with E-state index < -0.39 is 0 Å². The number of hydrogen-bond acceptors (Lipinski definition) is 3. The Hall–Kier alpha value is -1.94. The summed E-state index contributed by atoms with van der Waals surface area (Å²) in [5, 5.41) is 10.4. The van der Waals surface area contributed by atoms with E-state index in [0.29, 0.717) is 0 Å². The van der Waals surface area contributed by atoms with Crippen molar-refractivity contribution >= 4 is 11.8 Å². The van der Waals surface area contributed by atoms with E-state index in [2.05, 4.69) is 0 Å². The van der Waals surface area contributed by atoms with Crippen LogP contribution in [0.1, 0.15) is 10.8 Å². The minimum absolute atomic E-state index is 0.274. The first-order chi connectivity index (χ1) is 8.75. The fraction of sp³-hybridized carbons (Fsp3) is 0.0714. The predicted molar refractivity (Wildman–Crippen MR) is 72.8 cm³/mol. The largest absolute Gasteiger partial charge is 0.295 e. The van der Waals surface area contributed by atoms with E-state index in [1.54, 1.807) is 0 Å². The Morgan fingerprint density at radius 2 is 1.56 bits per heavy atom. The van der Waals surface area contributed by atoms with Crippen LogP contribution < -0.4 is 0 Å². The van der Waals surface area contributed by atoms with Gasteiger partial charge >= 0.3 is 0 Å². The second-order valence-electron chi connectivity index (χ2n) is 3.70. The smallest absolute Gasteiger partial charge is 0.00554 e. The van der Waals surface area contributed by atoms with Crippen LogP contribution in [0.3, 0.4) is 0 Å². The first-order valence-electron chi connectivity index (χ1n) is 5.51. The van der Waals surface area contributed by atoms with Gasteiger partial charge in [0.1, 0.15) is 0 Å². The Balaban J connectivity index is 2.18. The number of thioether (sulfide) groups is 1. The summed E-state index contributed by atoms with van der Waals surface area (Å²) >= 11 is 1.47. The molecule has 4 heteroatoms. The van der Waals surface area contributed by atoms with Crippen LogP contribution in [0.4, 0.5) is 0 Å². The highest BCUT2D eigenvalue weighted by Gasteiger charge is 2.09. The molecule has 0 aromatic heterocycles. The Morgan fingerprint density at radius 1 is 1.00 bits per heavy atom. The number of nitrogens with zero attached hydrogens (tertiary/aromatic N) is 1. The average Bonchev–Trinajstić information content (AvgIpc) is 2.40. The molecule has 92 valence electrons. The summed E-state index contributed by atoms with van der Waals surface area (Å²) in [7, 11) is 0.